The molecule has 1 unspecified atom stereocenters. The second-order valence-electron chi connectivity index (χ2n) is 5.51. The van der Waals surface area contributed by atoms with Gasteiger partial charge in [0.2, 0.25) is 0 Å². The molecule has 1 aromatic heterocycles. The molecule has 1 heterocycles. The first-order valence-corrected chi connectivity index (χ1v) is 7.71. The molecule has 0 spiro atoms. The molecule has 0 radical (unpaired) electrons. The number of hydrazine groups is 1. The smallest absolute Gasteiger partial charge is 0.148 e. The van der Waals surface area contributed by atoms with Crippen LogP contribution in [0.2, 0.25) is 0 Å². The zero-order valence-corrected chi connectivity index (χ0v) is 13.9. The third kappa shape index (κ3) is 5.13. The van der Waals surface area contributed by atoms with Crippen molar-refractivity contribution < 1.29 is 4.74 Å². The Kier molecular flexibility index (Phi) is 7.39. The van der Waals surface area contributed by atoms with E-state index in [1.54, 1.807) is 0 Å². The van der Waals surface area contributed by atoms with E-state index in [1.165, 1.54) is 0 Å². The third-order valence-corrected chi connectivity index (χ3v) is 3.43. The number of nitrogen functional groups attached to an aromatic ring is 1. The number of nitrogens with zero attached hydrogens (tertiary/aromatic N) is 2. The van der Waals surface area contributed by atoms with Crippen LogP contribution in [0.5, 0.6) is 0 Å². The molecular weight excluding hydrogens is 266 g/mol. The van der Waals surface area contributed by atoms with E-state index in [1.807, 2.05) is 13.8 Å². The normalized spacial score (nSPS) is 12.5. The summed E-state index contributed by atoms with van der Waals surface area (Å²) in [7, 11) is 0. The molecule has 4 N–H and O–H groups in total. The number of ether oxygens (including phenoxy) is 1. The van der Waals surface area contributed by atoms with Crippen LogP contribution in [0.4, 0.5) is 11.6 Å². The second-order valence-corrected chi connectivity index (χ2v) is 5.51. The zero-order chi connectivity index (χ0) is 15.8. The van der Waals surface area contributed by atoms with E-state index in [2.05, 4.69) is 41.5 Å². The maximum Gasteiger partial charge on any atom is 0.148 e. The van der Waals surface area contributed by atoms with Crippen LogP contribution in [-0.2, 0) is 11.2 Å². The van der Waals surface area contributed by atoms with Gasteiger partial charge in [0.25, 0.3) is 0 Å². The van der Waals surface area contributed by atoms with E-state index < -0.39 is 0 Å². The van der Waals surface area contributed by atoms with Crippen molar-refractivity contribution in [2.24, 2.45) is 11.8 Å². The van der Waals surface area contributed by atoms with Gasteiger partial charge in [-0.25, -0.2) is 15.8 Å². The van der Waals surface area contributed by atoms with E-state index in [4.69, 9.17) is 10.6 Å². The molecule has 0 aromatic carbocycles. The largest absolute Gasteiger partial charge is 0.380 e. The highest BCUT2D eigenvalue weighted by Gasteiger charge is 2.17. The molecule has 0 aliphatic carbocycles. The Morgan fingerprint density at radius 3 is 2.38 bits per heavy atom. The van der Waals surface area contributed by atoms with Gasteiger partial charge in [-0.2, -0.15) is 0 Å². The first-order chi connectivity index (χ1) is 10.0. The highest BCUT2D eigenvalue weighted by Crippen LogP contribution is 2.22. The number of anilines is 2. The van der Waals surface area contributed by atoms with Crippen LogP contribution in [0.1, 0.15) is 45.5 Å². The maximum atomic E-state index is 5.56. The fourth-order valence-electron chi connectivity index (χ4n) is 2.00. The molecule has 0 saturated carbocycles. The van der Waals surface area contributed by atoms with Crippen molar-refractivity contribution in [3.05, 3.63) is 11.4 Å². The number of nitrogens with two attached hydrogens (primary N) is 1. The summed E-state index contributed by atoms with van der Waals surface area (Å²) >= 11 is 0. The lowest BCUT2D eigenvalue weighted by Crippen LogP contribution is -2.32. The SMILES string of the molecule is CCCc1nc(NN)c(C)c(NC(COCC)C(C)C)n1. The van der Waals surface area contributed by atoms with Gasteiger partial charge in [0.05, 0.1) is 12.6 Å². The fraction of sp³-hybridized carbons (Fsp3) is 0.733. The minimum atomic E-state index is 0.207. The van der Waals surface area contributed by atoms with Crippen LogP contribution in [0.25, 0.3) is 0 Å². The van der Waals surface area contributed by atoms with Crippen molar-refractivity contribution in [1.82, 2.24) is 9.97 Å². The average Bonchev–Trinajstić information content (AvgIpc) is 2.46. The van der Waals surface area contributed by atoms with E-state index in [9.17, 15) is 0 Å². The second kappa shape index (κ2) is 8.79. The number of rotatable bonds is 9. The van der Waals surface area contributed by atoms with Gasteiger partial charge in [0, 0.05) is 18.6 Å². The minimum absolute atomic E-state index is 0.207. The molecule has 0 aliphatic rings. The average molecular weight is 295 g/mol. The van der Waals surface area contributed by atoms with Crippen LogP contribution in [0.3, 0.4) is 0 Å². The van der Waals surface area contributed by atoms with Crippen LogP contribution in [0, 0.1) is 12.8 Å². The summed E-state index contributed by atoms with van der Waals surface area (Å²) in [5.41, 5.74) is 3.59. The fourth-order valence-corrected chi connectivity index (χ4v) is 2.00. The quantitative estimate of drug-likeness (QED) is 0.479. The number of hydrogen-bond acceptors (Lipinski definition) is 6. The Hall–Kier alpha value is -1.40. The summed E-state index contributed by atoms with van der Waals surface area (Å²) in [6.45, 7) is 11.8. The van der Waals surface area contributed by atoms with Gasteiger partial charge in [0.15, 0.2) is 0 Å². The summed E-state index contributed by atoms with van der Waals surface area (Å²) < 4.78 is 5.56. The van der Waals surface area contributed by atoms with Gasteiger partial charge in [-0.05, 0) is 26.2 Å². The predicted molar refractivity (Wildman–Crippen MR) is 87.3 cm³/mol. The molecule has 0 amide bonds. The Labute approximate surface area is 127 Å². The Morgan fingerprint density at radius 2 is 1.86 bits per heavy atom. The molecule has 6 heteroatoms. The predicted octanol–water partition coefficient (Wildman–Crippen LogP) is 2.50. The molecule has 1 atom stereocenters. The summed E-state index contributed by atoms with van der Waals surface area (Å²) in [4.78, 5) is 9.06. The zero-order valence-electron chi connectivity index (χ0n) is 13.9. The molecular formula is C15H29N5O. The monoisotopic (exact) mass is 295 g/mol. The minimum Gasteiger partial charge on any atom is -0.380 e. The van der Waals surface area contributed by atoms with Crippen molar-refractivity contribution in [1.29, 1.82) is 0 Å². The first-order valence-electron chi connectivity index (χ1n) is 7.71. The molecule has 0 aliphatic heterocycles. The molecule has 0 saturated heterocycles. The van der Waals surface area contributed by atoms with Crippen molar-refractivity contribution in [2.75, 3.05) is 24.0 Å². The van der Waals surface area contributed by atoms with Crippen LogP contribution in [-0.4, -0.2) is 29.2 Å². The third-order valence-electron chi connectivity index (χ3n) is 3.43. The van der Waals surface area contributed by atoms with Crippen LogP contribution >= 0.6 is 0 Å². The van der Waals surface area contributed by atoms with Gasteiger partial charge in [-0.1, -0.05) is 20.8 Å². The number of hydrogen-bond donors (Lipinski definition) is 3. The summed E-state index contributed by atoms with van der Waals surface area (Å²) in [6, 6.07) is 0.207. The summed E-state index contributed by atoms with van der Waals surface area (Å²) in [6.07, 6.45) is 1.83. The van der Waals surface area contributed by atoms with Gasteiger partial charge >= 0.3 is 0 Å². The van der Waals surface area contributed by atoms with Gasteiger partial charge in [0.1, 0.15) is 17.5 Å². The topological polar surface area (TPSA) is 85.1 Å². The molecule has 120 valence electrons. The standard InChI is InChI=1S/C15H29N5O/c1-6-8-13-18-14(11(5)15(19-13)20-16)17-12(10(3)4)9-21-7-2/h10,12H,6-9,16H2,1-5H3,(H2,17,18,19,20). The molecule has 21 heavy (non-hydrogen) atoms. The van der Waals surface area contributed by atoms with E-state index in [-0.39, 0.29) is 6.04 Å². The van der Waals surface area contributed by atoms with Crippen LogP contribution < -0.4 is 16.6 Å². The lowest BCUT2D eigenvalue weighted by atomic mass is 10.1. The van der Waals surface area contributed by atoms with Gasteiger partial charge < -0.3 is 15.5 Å². The van der Waals surface area contributed by atoms with Gasteiger partial charge in [-0.3, -0.25) is 0 Å². The van der Waals surface area contributed by atoms with Gasteiger partial charge in [-0.15, -0.1) is 0 Å². The molecule has 1 aromatic rings. The number of aromatic nitrogens is 2. The Balaban J connectivity index is 3.00. The Bertz CT molecular complexity index is 436. The molecule has 1 rings (SSSR count). The van der Waals surface area contributed by atoms with E-state index in [0.717, 1.165) is 30.0 Å². The summed E-state index contributed by atoms with van der Waals surface area (Å²) in [5, 5.41) is 3.48. The van der Waals surface area contributed by atoms with Crippen molar-refractivity contribution in [3.63, 3.8) is 0 Å². The van der Waals surface area contributed by atoms with E-state index >= 15 is 0 Å². The van der Waals surface area contributed by atoms with Crippen molar-refractivity contribution in [2.45, 2.75) is 53.5 Å². The highest BCUT2D eigenvalue weighted by atomic mass is 16.5. The number of nitrogens with one attached hydrogen (secondary N) is 2. The van der Waals surface area contributed by atoms with Crippen molar-refractivity contribution >= 4 is 11.6 Å². The first kappa shape index (κ1) is 17.7. The molecule has 6 nitrogen and oxygen atoms in total. The Morgan fingerprint density at radius 1 is 1.19 bits per heavy atom. The maximum absolute atomic E-state index is 5.56. The number of aryl methyl sites for hydroxylation is 1. The molecule has 0 fully saturated rings. The highest BCUT2D eigenvalue weighted by molar-refractivity contribution is 5.57. The van der Waals surface area contributed by atoms with E-state index in [0.29, 0.717) is 24.9 Å². The molecule has 0 bridgehead atoms. The summed E-state index contributed by atoms with van der Waals surface area (Å²) in [5.74, 6) is 8.31. The lowest BCUT2D eigenvalue weighted by molar-refractivity contribution is 0.126. The lowest BCUT2D eigenvalue weighted by Gasteiger charge is -2.24. The van der Waals surface area contributed by atoms with Crippen molar-refractivity contribution in [3.8, 4) is 0 Å². The van der Waals surface area contributed by atoms with Crippen LogP contribution in [0.15, 0.2) is 0 Å².